The Morgan fingerprint density at radius 2 is 2.25 bits per heavy atom. The molecule has 0 atom stereocenters. The molecule has 0 spiro atoms. The Labute approximate surface area is 118 Å². The average molecular weight is 278 g/mol. The number of halogens is 1. The molecule has 20 heavy (non-hydrogen) atoms. The molecule has 0 saturated carbocycles. The van der Waals surface area contributed by atoms with Crippen LogP contribution in [0.3, 0.4) is 0 Å². The lowest BCUT2D eigenvalue weighted by atomic mass is 10.2. The molecule has 1 aromatic rings. The average Bonchev–Trinajstić information content (AvgIpc) is 2.38. The van der Waals surface area contributed by atoms with Gasteiger partial charge in [-0.2, -0.15) is 5.26 Å². The van der Waals surface area contributed by atoms with E-state index in [1.807, 2.05) is 18.7 Å². The summed E-state index contributed by atoms with van der Waals surface area (Å²) in [5.74, 6) is -0.733. The van der Waals surface area contributed by atoms with Crippen molar-refractivity contribution in [3.8, 4) is 6.07 Å². The van der Waals surface area contributed by atoms with Gasteiger partial charge in [-0.15, -0.1) is 0 Å². The van der Waals surface area contributed by atoms with E-state index in [0.717, 1.165) is 0 Å². The minimum absolute atomic E-state index is 0.00648. The number of anilines is 2. The summed E-state index contributed by atoms with van der Waals surface area (Å²) in [6.45, 7) is 4.63. The van der Waals surface area contributed by atoms with Crippen molar-refractivity contribution in [1.82, 2.24) is 4.90 Å². The molecule has 1 rings (SSSR count). The molecule has 108 valence electrons. The van der Waals surface area contributed by atoms with E-state index in [9.17, 15) is 9.18 Å². The summed E-state index contributed by atoms with van der Waals surface area (Å²) >= 11 is 0. The van der Waals surface area contributed by atoms with E-state index >= 15 is 0 Å². The summed E-state index contributed by atoms with van der Waals surface area (Å²) in [5.41, 5.74) is 5.89. The number of nitrogens with zero attached hydrogens (tertiary/aromatic N) is 2. The highest BCUT2D eigenvalue weighted by Crippen LogP contribution is 2.16. The van der Waals surface area contributed by atoms with Gasteiger partial charge in [0.05, 0.1) is 18.3 Å². The van der Waals surface area contributed by atoms with Crippen LogP contribution in [0, 0.1) is 17.1 Å². The molecule has 0 aliphatic carbocycles. The largest absolute Gasteiger partial charge is 0.396 e. The zero-order valence-electron chi connectivity index (χ0n) is 11.7. The minimum Gasteiger partial charge on any atom is -0.396 e. The Kier molecular flexibility index (Phi) is 5.94. The molecule has 0 bridgehead atoms. The van der Waals surface area contributed by atoms with E-state index in [2.05, 4.69) is 11.4 Å². The van der Waals surface area contributed by atoms with E-state index in [1.54, 1.807) is 0 Å². The maximum absolute atomic E-state index is 13.0. The number of carbonyl (C=O) groups is 1. The van der Waals surface area contributed by atoms with Crippen LogP contribution in [-0.2, 0) is 4.79 Å². The van der Waals surface area contributed by atoms with Gasteiger partial charge in [0.1, 0.15) is 5.82 Å². The fraction of sp³-hybridized carbons (Fsp3) is 0.429. The number of carbonyl (C=O) groups excluding carboxylic acids is 1. The van der Waals surface area contributed by atoms with Crippen LogP contribution in [-0.4, -0.2) is 29.9 Å². The number of hydrogen-bond acceptors (Lipinski definition) is 4. The molecule has 5 nitrogen and oxygen atoms in total. The lowest BCUT2D eigenvalue weighted by Crippen LogP contribution is -2.38. The first-order valence-electron chi connectivity index (χ1n) is 6.40. The van der Waals surface area contributed by atoms with Gasteiger partial charge in [-0.05, 0) is 32.0 Å². The highest BCUT2D eigenvalue weighted by atomic mass is 19.1. The number of benzene rings is 1. The van der Waals surface area contributed by atoms with E-state index in [-0.39, 0.29) is 24.2 Å². The van der Waals surface area contributed by atoms with Crippen LogP contribution in [0.2, 0.25) is 0 Å². The molecule has 0 aliphatic rings. The third-order valence-electron chi connectivity index (χ3n) is 2.87. The zero-order chi connectivity index (χ0) is 15.1. The van der Waals surface area contributed by atoms with Gasteiger partial charge in [-0.3, -0.25) is 9.69 Å². The Morgan fingerprint density at radius 1 is 1.55 bits per heavy atom. The molecule has 0 unspecified atom stereocenters. The van der Waals surface area contributed by atoms with Gasteiger partial charge in [0.2, 0.25) is 5.91 Å². The second-order valence-electron chi connectivity index (χ2n) is 4.76. The number of hydrogen-bond donors (Lipinski definition) is 2. The first-order chi connectivity index (χ1) is 9.43. The summed E-state index contributed by atoms with van der Waals surface area (Å²) in [6.07, 6.45) is 0.370. The summed E-state index contributed by atoms with van der Waals surface area (Å²) < 4.78 is 13.0. The maximum Gasteiger partial charge on any atom is 0.238 e. The van der Waals surface area contributed by atoms with Crippen molar-refractivity contribution in [2.45, 2.75) is 26.3 Å². The van der Waals surface area contributed by atoms with Crippen LogP contribution in [0.5, 0.6) is 0 Å². The number of nitrogens with one attached hydrogen (secondary N) is 1. The quantitative estimate of drug-likeness (QED) is 0.779. The summed E-state index contributed by atoms with van der Waals surface area (Å²) in [5, 5.41) is 11.3. The Balaban J connectivity index is 2.61. The van der Waals surface area contributed by atoms with Crippen molar-refractivity contribution in [2.75, 3.05) is 24.1 Å². The molecule has 0 radical (unpaired) electrons. The summed E-state index contributed by atoms with van der Waals surface area (Å²) in [4.78, 5) is 13.8. The summed E-state index contributed by atoms with van der Waals surface area (Å²) in [7, 11) is 0. The van der Waals surface area contributed by atoms with Gasteiger partial charge >= 0.3 is 0 Å². The number of amides is 1. The van der Waals surface area contributed by atoms with Crippen LogP contribution >= 0.6 is 0 Å². The van der Waals surface area contributed by atoms with Gasteiger partial charge in [0, 0.05) is 24.7 Å². The Hall–Kier alpha value is -2.13. The molecule has 6 heteroatoms. The fourth-order valence-electron chi connectivity index (χ4n) is 1.72. The molecule has 0 saturated heterocycles. The number of nitrogens with two attached hydrogens (primary N) is 1. The molecule has 0 aromatic heterocycles. The smallest absolute Gasteiger partial charge is 0.238 e. The predicted octanol–water partition coefficient (Wildman–Crippen LogP) is 1.97. The Bertz CT molecular complexity index is 510. The van der Waals surface area contributed by atoms with Crippen LogP contribution in [0.4, 0.5) is 15.8 Å². The molecule has 0 aliphatic heterocycles. The molecule has 3 N–H and O–H groups in total. The van der Waals surface area contributed by atoms with Gasteiger partial charge in [0.25, 0.3) is 0 Å². The first-order valence-corrected chi connectivity index (χ1v) is 6.40. The molecule has 0 heterocycles. The van der Waals surface area contributed by atoms with Crippen molar-refractivity contribution in [1.29, 1.82) is 5.26 Å². The van der Waals surface area contributed by atoms with Gasteiger partial charge in [-0.25, -0.2) is 4.39 Å². The van der Waals surface area contributed by atoms with E-state index < -0.39 is 5.82 Å². The molecular weight excluding hydrogens is 259 g/mol. The van der Waals surface area contributed by atoms with E-state index in [4.69, 9.17) is 11.0 Å². The monoisotopic (exact) mass is 278 g/mol. The lowest BCUT2D eigenvalue weighted by Gasteiger charge is -2.24. The number of nitrogen functional groups attached to an aromatic ring is 1. The first kappa shape index (κ1) is 15.9. The van der Waals surface area contributed by atoms with Crippen molar-refractivity contribution in [3.63, 3.8) is 0 Å². The molecular formula is C14H19FN4O. The third-order valence-corrected chi connectivity index (χ3v) is 2.87. The highest BCUT2D eigenvalue weighted by Gasteiger charge is 2.14. The summed E-state index contributed by atoms with van der Waals surface area (Å²) in [6, 6.07) is 6.26. The second-order valence-corrected chi connectivity index (χ2v) is 4.76. The zero-order valence-corrected chi connectivity index (χ0v) is 11.7. The van der Waals surface area contributed by atoms with Crippen LogP contribution < -0.4 is 11.1 Å². The third kappa shape index (κ3) is 4.86. The molecule has 1 amide bonds. The number of nitriles is 1. The number of rotatable bonds is 6. The van der Waals surface area contributed by atoms with Gasteiger partial charge in [0.15, 0.2) is 0 Å². The van der Waals surface area contributed by atoms with Crippen molar-refractivity contribution in [3.05, 3.63) is 24.0 Å². The van der Waals surface area contributed by atoms with Crippen molar-refractivity contribution in [2.24, 2.45) is 0 Å². The predicted molar refractivity (Wildman–Crippen MR) is 76.4 cm³/mol. The van der Waals surface area contributed by atoms with E-state index in [1.165, 1.54) is 18.2 Å². The Morgan fingerprint density at radius 3 is 2.80 bits per heavy atom. The second kappa shape index (κ2) is 7.46. The standard InChI is InChI=1S/C14H19FN4O/c1-10(2)19(7-3-6-16)9-14(20)18-11-4-5-12(15)13(17)8-11/h4-5,8,10H,3,7,9,17H2,1-2H3,(H,18,20). The van der Waals surface area contributed by atoms with Crippen LogP contribution in [0.25, 0.3) is 0 Å². The van der Waals surface area contributed by atoms with Crippen molar-refractivity contribution < 1.29 is 9.18 Å². The van der Waals surface area contributed by atoms with E-state index in [0.29, 0.717) is 18.7 Å². The van der Waals surface area contributed by atoms with Crippen molar-refractivity contribution >= 4 is 17.3 Å². The SMILES string of the molecule is CC(C)N(CCC#N)CC(=O)Nc1ccc(F)c(N)c1. The maximum atomic E-state index is 13.0. The topological polar surface area (TPSA) is 82.2 Å². The lowest BCUT2D eigenvalue weighted by molar-refractivity contribution is -0.117. The fourth-order valence-corrected chi connectivity index (χ4v) is 1.72. The van der Waals surface area contributed by atoms with Gasteiger partial charge in [-0.1, -0.05) is 0 Å². The highest BCUT2D eigenvalue weighted by molar-refractivity contribution is 5.92. The molecule has 1 aromatic carbocycles. The molecule has 0 fully saturated rings. The van der Waals surface area contributed by atoms with Crippen LogP contribution in [0.15, 0.2) is 18.2 Å². The van der Waals surface area contributed by atoms with Crippen LogP contribution in [0.1, 0.15) is 20.3 Å². The minimum atomic E-state index is -0.513. The normalized spacial score (nSPS) is 10.6. The van der Waals surface area contributed by atoms with Gasteiger partial charge < -0.3 is 11.1 Å².